The van der Waals surface area contributed by atoms with Crippen molar-refractivity contribution in [1.82, 2.24) is 9.88 Å². The van der Waals surface area contributed by atoms with Crippen LogP contribution in [-0.4, -0.2) is 39.4 Å². The van der Waals surface area contributed by atoms with E-state index in [4.69, 9.17) is 0 Å². The minimum Gasteiger partial charge on any atom is -0.393 e. The Kier molecular flexibility index (Phi) is 7.18. The molecular formula is C26H28FN3O4S. The molecule has 0 radical (unpaired) electrons. The standard InChI is InChI=1S/C26H28FN3O4S/c1-14-12-18(6-9-20(14)27)29-25(33)21-15(2)22(30(3)23(21)16-10-11-35-13-16)24(32)26(34)28-17-4-7-19(31)8-5-17/h6,9-13,17,19,31H,4-5,7-8H2,1-3H3,(H,28,34)(H,29,33). The van der Waals surface area contributed by atoms with Crippen LogP contribution in [0.5, 0.6) is 0 Å². The van der Waals surface area contributed by atoms with E-state index in [1.165, 1.54) is 29.5 Å². The molecule has 3 N–H and O–H groups in total. The molecule has 0 aliphatic heterocycles. The second kappa shape index (κ2) is 10.1. The van der Waals surface area contributed by atoms with Crippen molar-refractivity contribution in [3.05, 3.63) is 63.2 Å². The lowest BCUT2D eigenvalue weighted by Crippen LogP contribution is -2.42. The van der Waals surface area contributed by atoms with E-state index >= 15 is 0 Å². The van der Waals surface area contributed by atoms with Gasteiger partial charge in [-0.3, -0.25) is 14.4 Å². The number of rotatable bonds is 6. The smallest absolute Gasteiger partial charge is 0.294 e. The molecule has 0 spiro atoms. The number of hydrogen-bond acceptors (Lipinski definition) is 5. The number of nitrogens with zero attached hydrogens (tertiary/aromatic N) is 1. The number of halogens is 1. The maximum atomic E-state index is 13.7. The highest BCUT2D eigenvalue weighted by atomic mass is 32.1. The Bertz CT molecular complexity index is 1270. The second-order valence-corrected chi connectivity index (χ2v) is 9.77. The van der Waals surface area contributed by atoms with E-state index < -0.39 is 17.6 Å². The summed E-state index contributed by atoms with van der Waals surface area (Å²) in [6.45, 7) is 3.26. The van der Waals surface area contributed by atoms with Crippen LogP contribution in [0, 0.1) is 19.7 Å². The molecule has 3 aromatic rings. The van der Waals surface area contributed by atoms with Gasteiger partial charge in [0.2, 0.25) is 0 Å². The van der Waals surface area contributed by atoms with Crippen molar-refractivity contribution in [1.29, 1.82) is 0 Å². The van der Waals surface area contributed by atoms with E-state index in [0.717, 1.165) is 5.56 Å². The molecule has 7 nitrogen and oxygen atoms in total. The van der Waals surface area contributed by atoms with E-state index in [9.17, 15) is 23.9 Å². The van der Waals surface area contributed by atoms with Gasteiger partial charge in [-0.15, -0.1) is 0 Å². The van der Waals surface area contributed by atoms with Crippen LogP contribution in [0.2, 0.25) is 0 Å². The second-order valence-electron chi connectivity index (χ2n) is 8.99. The summed E-state index contributed by atoms with van der Waals surface area (Å²) >= 11 is 1.45. The number of anilines is 1. The summed E-state index contributed by atoms with van der Waals surface area (Å²) in [5.41, 5.74) is 2.92. The van der Waals surface area contributed by atoms with Crippen molar-refractivity contribution in [3.63, 3.8) is 0 Å². The topological polar surface area (TPSA) is 100 Å². The molecule has 0 unspecified atom stereocenters. The molecule has 2 amide bonds. The zero-order chi connectivity index (χ0) is 25.3. The van der Waals surface area contributed by atoms with Crippen molar-refractivity contribution in [3.8, 4) is 11.3 Å². The van der Waals surface area contributed by atoms with Gasteiger partial charge in [-0.2, -0.15) is 11.3 Å². The Hall–Kier alpha value is -3.30. The monoisotopic (exact) mass is 497 g/mol. The maximum Gasteiger partial charge on any atom is 0.294 e. The molecule has 9 heteroatoms. The van der Waals surface area contributed by atoms with E-state index in [-0.39, 0.29) is 29.2 Å². The van der Waals surface area contributed by atoms with E-state index in [1.54, 1.807) is 25.5 Å². The normalized spacial score (nSPS) is 17.7. The number of carbonyl (C=O) groups is 3. The molecular weight excluding hydrogens is 469 g/mol. The zero-order valence-corrected chi connectivity index (χ0v) is 20.7. The van der Waals surface area contributed by atoms with Gasteiger partial charge >= 0.3 is 0 Å². The quantitative estimate of drug-likeness (QED) is 0.348. The number of aliphatic hydroxyl groups excluding tert-OH is 1. The minimum atomic E-state index is -0.729. The van der Waals surface area contributed by atoms with Gasteiger partial charge in [0, 0.05) is 29.7 Å². The lowest BCUT2D eigenvalue weighted by Gasteiger charge is -2.25. The van der Waals surface area contributed by atoms with Crippen LogP contribution in [0.3, 0.4) is 0 Å². The SMILES string of the molecule is Cc1cc(NC(=O)c2c(C)c(C(=O)C(=O)NC3CCC(O)CC3)n(C)c2-c2ccsc2)ccc1F. The van der Waals surface area contributed by atoms with Crippen LogP contribution >= 0.6 is 11.3 Å². The summed E-state index contributed by atoms with van der Waals surface area (Å²) < 4.78 is 15.3. The molecule has 1 aliphatic carbocycles. The van der Waals surface area contributed by atoms with Gasteiger partial charge in [-0.1, -0.05) is 0 Å². The average molecular weight is 498 g/mol. The average Bonchev–Trinajstić information content (AvgIpc) is 3.43. The third-order valence-electron chi connectivity index (χ3n) is 6.53. The molecule has 1 aliphatic rings. The number of aromatic nitrogens is 1. The van der Waals surface area contributed by atoms with Crippen LogP contribution in [0.15, 0.2) is 35.0 Å². The van der Waals surface area contributed by atoms with Gasteiger partial charge in [-0.05, 0) is 80.3 Å². The van der Waals surface area contributed by atoms with E-state index in [2.05, 4.69) is 10.6 Å². The molecule has 1 aromatic carbocycles. The molecule has 0 atom stereocenters. The third kappa shape index (κ3) is 5.06. The highest BCUT2D eigenvalue weighted by molar-refractivity contribution is 7.08. The summed E-state index contributed by atoms with van der Waals surface area (Å²) in [5.74, 6) is -2.27. The Morgan fingerprint density at radius 2 is 1.83 bits per heavy atom. The summed E-state index contributed by atoms with van der Waals surface area (Å²) in [5, 5.41) is 19.0. The number of hydrogen-bond donors (Lipinski definition) is 3. The van der Waals surface area contributed by atoms with Crippen molar-refractivity contribution >= 4 is 34.6 Å². The molecule has 2 heterocycles. The molecule has 1 saturated carbocycles. The Morgan fingerprint density at radius 1 is 1.11 bits per heavy atom. The van der Waals surface area contributed by atoms with Crippen molar-refractivity contribution in [2.75, 3.05) is 5.32 Å². The fourth-order valence-electron chi connectivity index (χ4n) is 4.66. The van der Waals surface area contributed by atoms with Gasteiger partial charge in [0.15, 0.2) is 0 Å². The first-order valence-electron chi connectivity index (χ1n) is 11.5. The number of amides is 2. The van der Waals surface area contributed by atoms with Crippen LogP contribution in [-0.2, 0) is 11.8 Å². The number of carbonyl (C=O) groups excluding carboxylic acids is 3. The van der Waals surface area contributed by atoms with E-state index in [1.807, 2.05) is 16.8 Å². The summed E-state index contributed by atoms with van der Waals surface area (Å²) in [6, 6.07) is 5.97. The fourth-order valence-corrected chi connectivity index (χ4v) is 5.30. The molecule has 0 bridgehead atoms. The molecule has 184 valence electrons. The third-order valence-corrected chi connectivity index (χ3v) is 7.21. The molecule has 2 aromatic heterocycles. The lowest BCUT2D eigenvalue weighted by molar-refractivity contribution is -0.118. The summed E-state index contributed by atoms with van der Waals surface area (Å²) in [4.78, 5) is 39.5. The molecule has 4 rings (SSSR count). The predicted molar refractivity (Wildman–Crippen MR) is 133 cm³/mol. The van der Waals surface area contributed by atoms with Gasteiger partial charge in [0.25, 0.3) is 17.6 Å². The predicted octanol–water partition coefficient (Wildman–Crippen LogP) is 4.36. The molecule has 1 fully saturated rings. The van der Waals surface area contributed by atoms with Crippen LogP contribution in [0.4, 0.5) is 10.1 Å². The van der Waals surface area contributed by atoms with E-state index in [0.29, 0.717) is 48.2 Å². The summed E-state index contributed by atoms with van der Waals surface area (Å²) in [7, 11) is 1.66. The number of aryl methyl sites for hydroxylation is 1. The van der Waals surface area contributed by atoms with Crippen molar-refractivity contribution in [2.45, 2.75) is 51.7 Å². The number of thiophene rings is 1. The van der Waals surface area contributed by atoms with Crippen molar-refractivity contribution in [2.24, 2.45) is 7.05 Å². The molecule has 35 heavy (non-hydrogen) atoms. The van der Waals surface area contributed by atoms with Crippen molar-refractivity contribution < 1.29 is 23.9 Å². The van der Waals surface area contributed by atoms with Gasteiger partial charge in [0.05, 0.1) is 23.1 Å². The zero-order valence-electron chi connectivity index (χ0n) is 19.9. The number of Topliss-reactive ketones (excluding diaryl/α,β-unsaturated/α-hetero) is 1. The van der Waals surface area contributed by atoms with Crippen LogP contribution in [0.1, 0.15) is 57.7 Å². The fraction of sp³-hybridized carbons (Fsp3) is 0.346. The Labute approximate surface area is 207 Å². The first-order valence-corrected chi connectivity index (χ1v) is 12.4. The Morgan fingerprint density at radius 3 is 2.46 bits per heavy atom. The van der Waals surface area contributed by atoms with Crippen LogP contribution < -0.4 is 10.6 Å². The first-order chi connectivity index (χ1) is 16.7. The van der Waals surface area contributed by atoms with Gasteiger partial charge in [-0.25, -0.2) is 4.39 Å². The largest absolute Gasteiger partial charge is 0.393 e. The first kappa shape index (κ1) is 24.8. The van der Waals surface area contributed by atoms with Gasteiger partial charge in [0.1, 0.15) is 5.82 Å². The highest BCUT2D eigenvalue weighted by Gasteiger charge is 2.32. The highest BCUT2D eigenvalue weighted by Crippen LogP contribution is 2.33. The summed E-state index contributed by atoms with van der Waals surface area (Å²) in [6.07, 6.45) is 2.01. The number of nitrogens with one attached hydrogen (secondary N) is 2. The number of aliphatic hydroxyl groups is 1. The lowest BCUT2D eigenvalue weighted by atomic mass is 9.93. The van der Waals surface area contributed by atoms with Crippen LogP contribution in [0.25, 0.3) is 11.3 Å². The Balaban J connectivity index is 1.68. The van der Waals surface area contributed by atoms with Gasteiger partial charge < -0.3 is 20.3 Å². The molecule has 0 saturated heterocycles. The number of benzene rings is 1. The maximum absolute atomic E-state index is 13.7. The number of ketones is 1. The minimum absolute atomic E-state index is 0.139.